The Kier molecular flexibility index (Phi) is 5.85. The third-order valence-electron chi connectivity index (χ3n) is 5.85. The number of aliphatic hydroxyl groups is 1. The summed E-state index contributed by atoms with van der Waals surface area (Å²) in [5, 5.41) is 9.19. The lowest BCUT2D eigenvalue weighted by atomic mass is 10.0. The summed E-state index contributed by atoms with van der Waals surface area (Å²) in [6.45, 7) is 0.338. The van der Waals surface area contributed by atoms with Crippen molar-refractivity contribution in [3.8, 4) is 28.3 Å². The zero-order valence-corrected chi connectivity index (χ0v) is 19.2. The van der Waals surface area contributed by atoms with Gasteiger partial charge in [0.25, 0.3) is 0 Å². The highest BCUT2D eigenvalue weighted by Gasteiger charge is 2.27. The summed E-state index contributed by atoms with van der Waals surface area (Å²) in [4.78, 5) is 7.78. The number of benzene rings is 2. The second kappa shape index (κ2) is 8.83. The highest BCUT2D eigenvalue weighted by Crippen LogP contribution is 2.30. The molecule has 2 aromatic heterocycles. The van der Waals surface area contributed by atoms with Gasteiger partial charge in [0.05, 0.1) is 35.2 Å². The van der Waals surface area contributed by atoms with Gasteiger partial charge in [0.2, 0.25) is 0 Å². The van der Waals surface area contributed by atoms with Gasteiger partial charge in [-0.05, 0) is 23.3 Å². The number of rotatable bonds is 6. The lowest BCUT2D eigenvalue weighted by molar-refractivity contribution is 0.0531. The Balaban J connectivity index is 1.37. The van der Waals surface area contributed by atoms with Gasteiger partial charge in [-0.3, -0.25) is 0 Å². The van der Waals surface area contributed by atoms with Crippen LogP contribution in [0, 0.1) is 5.82 Å². The Hall–Kier alpha value is -3.27. The highest BCUT2D eigenvalue weighted by molar-refractivity contribution is 7.90. The fraction of sp³-hybridized carbons (Fsp3) is 0.240. The molecule has 0 amide bonds. The summed E-state index contributed by atoms with van der Waals surface area (Å²) >= 11 is 0. The number of hydrogen-bond donors (Lipinski definition) is 2. The summed E-state index contributed by atoms with van der Waals surface area (Å²) < 4.78 is 49.5. The first kappa shape index (κ1) is 22.5. The Morgan fingerprint density at radius 2 is 1.74 bits per heavy atom. The van der Waals surface area contributed by atoms with E-state index in [0.717, 1.165) is 11.1 Å². The van der Waals surface area contributed by atoms with Gasteiger partial charge in [0, 0.05) is 30.4 Å². The van der Waals surface area contributed by atoms with E-state index < -0.39 is 15.7 Å². The number of ether oxygens (including phenoxy) is 2. The number of fused-ring (bicyclic) bond motifs is 1. The van der Waals surface area contributed by atoms with Crippen LogP contribution in [0.2, 0.25) is 0 Å². The Labute approximate surface area is 196 Å². The van der Waals surface area contributed by atoms with Crippen molar-refractivity contribution in [2.75, 3.05) is 19.5 Å². The molecule has 1 aliphatic heterocycles. The van der Waals surface area contributed by atoms with Crippen molar-refractivity contribution in [2.24, 2.45) is 0 Å². The van der Waals surface area contributed by atoms with Crippen LogP contribution in [0.3, 0.4) is 0 Å². The van der Waals surface area contributed by atoms with Crippen molar-refractivity contribution in [1.29, 1.82) is 0 Å². The van der Waals surface area contributed by atoms with Crippen LogP contribution >= 0.6 is 0 Å². The number of pyridine rings is 1. The Bertz CT molecular complexity index is 1430. The van der Waals surface area contributed by atoms with Gasteiger partial charge in [-0.25, -0.2) is 17.8 Å². The number of hydrogen-bond acceptors (Lipinski definition) is 6. The van der Waals surface area contributed by atoms with Crippen LogP contribution in [0.4, 0.5) is 4.39 Å². The molecule has 2 atom stereocenters. The van der Waals surface area contributed by atoms with E-state index in [-0.39, 0.29) is 29.4 Å². The molecule has 7 nitrogen and oxygen atoms in total. The van der Waals surface area contributed by atoms with E-state index >= 15 is 0 Å². The SMILES string of the molecule is CS(=O)(=O)c1ccc(-c2ccc(-c3nc4cc(O[C@@H]5CO[C@H](CO)C5)[nH]c4cc3F)cc2)cc1. The van der Waals surface area contributed by atoms with Crippen molar-refractivity contribution in [3.63, 3.8) is 0 Å². The van der Waals surface area contributed by atoms with Crippen LogP contribution in [0.25, 0.3) is 33.4 Å². The highest BCUT2D eigenvalue weighted by atomic mass is 32.2. The molecule has 0 bridgehead atoms. The second-order valence-corrected chi connectivity index (χ2v) is 10.4. The van der Waals surface area contributed by atoms with Gasteiger partial charge in [0.15, 0.2) is 21.5 Å². The van der Waals surface area contributed by atoms with E-state index in [2.05, 4.69) is 9.97 Å². The largest absolute Gasteiger partial charge is 0.473 e. The molecular weight excluding hydrogens is 459 g/mol. The molecular formula is C25H23FN2O5S. The summed E-state index contributed by atoms with van der Waals surface area (Å²) in [7, 11) is -3.25. The number of sulfone groups is 1. The van der Waals surface area contributed by atoms with Gasteiger partial charge in [-0.15, -0.1) is 0 Å². The number of aromatic amines is 1. The zero-order valence-electron chi connectivity index (χ0n) is 18.4. The predicted octanol–water partition coefficient (Wildman–Crippen LogP) is 3.97. The molecule has 34 heavy (non-hydrogen) atoms. The van der Waals surface area contributed by atoms with E-state index in [0.29, 0.717) is 35.5 Å². The van der Waals surface area contributed by atoms with Crippen LogP contribution in [-0.4, -0.2) is 55.2 Å². The molecule has 0 spiro atoms. The maximum atomic E-state index is 14.9. The third-order valence-corrected chi connectivity index (χ3v) is 6.97. The molecule has 176 valence electrons. The van der Waals surface area contributed by atoms with Crippen molar-refractivity contribution in [3.05, 3.63) is 66.5 Å². The average Bonchev–Trinajstić information content (AvgIpc) is 3.44. The van der Waals surface area contributed by atoms with Crippen LogP contribution in [-0.2, 0) is 14.6 Å². The fourth-order valence-electron chi connectivity index (χ4n) is 4.05. The van der Waals surface area contributed by atoms with E-state index in [1.807, 2.05) is 12.1 Å². The van der Waals surface area contributed by atoms with E-state index in [1.165, 1.54) is 12.3 Å². The van der Waals surface area contributed by atoms with Crippen LogP contribution in [0.1, 0.15) is 6.42 Å². The number of nitrogens with one attached hydrogen (secondary N) is 1. The van der Waals surface area contributed by atoms with Gasteiger partial charge in [-0.2, -0.15) is 0 Å². The van der Waals surface area contributed by atoms with Crippen LogP contribution < -0.4 is 4.74 Å². The topological polar surface area (TPSA) is 102 Å². The first-order valence-corrected chi connectivity index (χ1v) is 12.7. The van der Waals surface area contributed by atoms with E-state index in [4.69, 9.17) is 9.47 Å². The molecule has 3 heterocycles. The van der Waals surface area contributed by atoms with E-state index in [9.17, 15) is 17.9 Å². The average molecular weight is 483 g/mol. The van der Waals surface area contributed by atoms with Gasteiger partial charge < -0.3 is 19.6 Å². The molecule has 0 aliphatic carbocycles. The van der Waals surface area contributed by atoms with Gasteiger partial charge in [0.1, 0.15) is 11.8 Å². The smallest absolute Gasteiger partial charge is 0.193 e. The lowest BCUT2D eigenvalue weighted by Gasteiger charge is -2.09. The molecule has 1 aliphatic rings. The van der Waals surface area contributed by atoms with E-state index in [1.54, 1.807) is 42.5 Å². The molecule has 0 radical (unpaired) electrons. The molecule has 0 unspecified atom stereocenters. The number of aromatic nitrogens is 2. The number of nitrogens with zero attached hydrogens (tertiary/aromatic N) is 1. The number of halogens is 1. The van der Waals surface area contributed by atoms with Crippen molar-refractivity contribution in [1.82, 2.24) is 9.97 Å². The van der Waals surface area contributed by atoms with Crippen LogP contribution in [0.15, 0.2) is 65.6 Å². The summed E-state index contributed by atoms with van der Waals surface area (Å²) in [5.41, 5.74) is 3.68. The van der Waals surface area contributed by atoms with Crippen molar-refractivity contribution < 1.29 is 27.4 Å². The van der Waals surface area contributed by atoms with Gasteiger partial charge in [-0.1, -0.05) is 36.4 Å². The Morgan fingerprint density at radius 3 is 2.35 bits per heavy atom. The molecule has 2 aromatic carbocycles. The fourth-order valence-corrected chi connectivity index (χ4v) is 4.68. The minimum atomic E-state index is -3.25. The summed E-state index contributed by atoms with van der Waals surface area (Å²) in [6, 6.07) is 17.0. The zero-order chi connectivity index (χ0) is 23.9. The normalized spacial score (nSPS) is 18.4. The minimum absolute atomic E-state index is 0.0482. The molecule has 0 saturated carbocycles. The van der Waals surface area contributed by atoms with Crippen molar-refractivity contribution in [2.45, 2.75) is 23.5 Å². The van der Waals surface area contributed by atoms with Crippen LogP contribution in [0.5, 0.6) is 5.88 Å². The Morgan fingerprint density at radius 1 is 1.09 bits per heavy atom. The molecule has 4 aromatic rings. The first-order valence-electron chi connectivity index (χ1n) is 10.8. The second-order valence-electron chi connectivity index (χ2n) is 8.37. The molecule has 1 fully saturated rings. The lowest BCUT2D eigenvalue weighted by Crippen LogP contribution is -2.17. The maximum absolute atomic E-state index is 14.9. The van der Waals surface area contributed by atoms with Gasteiger partial charge >= 0.3 is 0 Å². The maximum Gasteiger partial charge on any atom is 0.193 e. The molecule has 1 saturated heterocycles. The summed E-state index contributed by atoms with van der Waals surface area (Å²) in [5.74, 6) is 0.00910. The molecule has 9 heteroatoms. The molecule has 2 N–H and O–H groups in total. The standard InChI is InChI=1S/C25H23FN2O5S/c1-34(30,31)20-8-6-16(7-9-20)15-2-4-17(5-3-15)25-21(26)11-22-23(28-25)12-24(27-22)33-19-10-18(13-29)32-14-19/h2-9,11-12,18-19,27,29H,10,13-14H2,1H3/t18-,19-/m0/s1. The first-order chi connectivity index (χ1) is 16.3. The minimum Gasteiger partial charge on any atom is -0.473 e. The predicted molar refractivity (Wildman–Crippen MR) is 126 cm³/mol. The molecule has 5 rings (SSSR count). The summed E-state index contributed by atoms with van der Waals surface area (Å²) in [6.07, 6.45) is 1.35. The van der Waals surface area contributed by atoms with Crippen molar-refractivity contribution >= 4 is 20.9 Å². The number of H-pyrrole nitrogens is 1. The monoisotopic (exact) mass is 482 g/mol. The third kappa shape index (κ3) is 4.54. The quantitative estimate of drug-likeness (QED) is 0.431. The number of aliphatic hydroxyl groups excluding tert-OH is 1.